The minimum atomic E-state index is 0.306. The van der Waals surface area contributed by atoms with Gasteiger partial charge in [0.15, 0.2) is 5.96 Å². The number of rotatable bonds is 7. The van der Waals surface area contributed by atoms with Crippen LogP contribution in [-0.4, -0.2) is 59.9 Å². The number of likely N-dealkylation sites (N-methyl/N-ethyl adjacent to an activating group) is 1. The minimum Gasteiger partial charge on any atom is -0.355 e. The fourth-order valence-corrected chi connectivity index (χ4v) is 3.78. The first-order valence-electron chi connectivity index (χ1n) is 9.58. The molecule has 1 saturated carbocycles. The molecule has 1 unspecified atom stereocenters. The van der Waals surface area contributed by atoms with Crippen molar-refractivity contribution in [3.8, 4) is 0 Å². The Bertz CT molecular complexity index is 571. The second-order valence-corrected chi connectivity index (χ2v) is 7.44. The summed E-state index contributed by atoms with van der Waals surface area (Å²) in [6.45, 7) is 8.39. The average molecular weight is 349 g/mol. The van der Waals surface area contributed by atoms with Crippen LogP contribution < -0.4 is 10.6 Å². The van der Waals surface area contributed by atoms with Crippen molar-refractivity contribution in [2.45, 2.75) is 65.0 Å². The third-order valence-corrected chi connectivity index (χ3v) is 5.48. The Hall–Kier alpha value is -1.56. The maximum Gasteiger partial charge on any atom is 0.191 e. The summed E-state index contributed by atoms with van der Waals surface area (Å²) in [5, 5.41) is 11.5. The number of guanidine groups is 1. The van der Waals surface area contributed by atoms with E-state index in [1.165, 1.54) is 36.9 Å². The first kappa shape index (κ1) is 19.8. The lowest BCUT2D eigenvalue weighted by molar-refractivity contribution is 0.249. The Morgan fingerprint density at radius 1 is 1.36 bits per heavy atom. The summed E-state index contributed by atoms with van der Waals surface area (Å²) in [6.07, 6.45) is 6.43. The van der Waals surface area contributed by atoms with E-state index < -0.39 is 0 Å². The van der Waals surface area contributed by atoms with Crippen LogP contribution in [0.1, 0.15) is 49.6 Å². The number of aliphatic imine (C=N–C) groups is 1. The van der Waals surface area contributed by atoms with Crippen LogP contribution >= 0.6 is 0 Å². The van der Waals surface area contributed by atoms with E-state index in [-0.39, 0.29) is 0 Å². The molecule has 0 aromatic carbocycles. The lowest BCUT2D eigenvalue weighted by Gasteiger charge is -2.25. The van der Waals surface area contributed by atoms with E-state index in [0.717, 1.165) is 37.2 Å². The highest BCUT2D eigenvalue weighted by Crippen LogP contribution is 2.21. The molecule has 2 rings (SSSR count). The molecule has 1 aliphatic rings. The summed E-state index contributed by atoms with van der Waals surface area (Å²) in [5.74, 6) is 0.881. The molecule has 1 aromatic rings. The van der Waals surface area contributed by atoms with Crippen molar-refractivity contribution < 1.29 is 0 Å². The first-order chi connectivity index (χ1) is 11.9. The van der Waals surface area contributed by atoms with Crippen LogP contribution in [0.15, 0.2) is 4.99 Å². The van der Waals surface area contributed by atoms with Crippen LogP contribution in [0.4, 0.5) is 0 Å². The average Bonchev–Trinajstić information content (AvgIpc) is 3.19. The first-order valence-corrected chi connectivity index (χ1v) is 9.58. The molecular weight excluding hydrogens is 312 g/mol. The van der Waals surface area contributed by atoms with Gasteiger partial charge in [0.25, 0.3) is 0 Å². The van der Waals surface area contributed by atoms with E-state index >= 15 is 0 Å². The normalized spacial score (nSPS) is 17.3. The second kappa shape index (κ2) is 9.22. The molecular formula is C19H36N6. The zero-order valence-corrected chi connectivity index (χ0v) is 16.9. The minimum absolute atomic E-state index is 0.306. The zero-order valence-electron chi connectivity index (χ0n) is 16.9. The van der Waals surface area contributed by atoms with Gasteiger partial charge in [0.1, 0.15) is 0 Å². The van der Waals surface area contributed by atoms with Crippen molar-refractivity contribution in [2.75, 3.05) is 27.2 Å². The monoisotopic (exact) mass is 348 g/mol. The van der Waals surface area contributed by atoms with Gasteiger partial charge in [-0.3, -0.25) is 9.67 Å². The van der Waals surface area contributed by atoms with Crippen LogP contribution in [0.25, 0.3) is 0 Å². The molecule has 0 aliphatic heterocycles. The van der Waals surface area contributed by atoms with Crippen LogP contribution in [0, 0.1) is 13.8 Å². The van der Waals surface area contributed by atoms with Gasteiger partial charge in [0.05, 0.1) is 5.69 Å². The molecule has 0 bridgehead atoms. The quantitative estimate of drug-likeness (QED) is 0.585. The Morgan fingerprint density at radius 3 is 2.60 bits per heavy atom. The number of nitrogens with one attached hydrogen (secondary N) is 2. The number of aromatic nitrogens is 2. The van der Waals surface area contributed by atoms with E-state index in [0.29, 0.717) is 6.04 Å². The largest absolute Gasteiger partial charge is 0.355 e. The van der Waals surface area contributed by atoms with E-state index in [1.54, 1.807) is 0 Å². The summed E-state index contributed by atoms with van der Waals surface area (Å²) in [7, 11) is 6.08. The van der Waals surface area contributed by atoms with Gasteiger partial charge >= 0.3 is 0 Å². The highest BCUT2D eigenvalue weighted by molar-refractivity contribution is 5.79. The van der Waals surface area contributed by atoms with E-state index in [4.69, 9.17) is 0 Å². The molecule has 2 N–H and O–H groups in total. The predicted octanol–water partition coefficient (Wildman–Crippen LogP) is 2.01. The standard InChI is InChI=1S/C19H36N6/c1-14(13-18-15(2)23-25(6)16(18)3)22-19(20-4)21-11-12-24(5)17-9-7-8-10-17/h14,17H,7-13H2,1-6H3,(H2,20,21,22). The van der Waals surface area contributed by atoms with Crippen LogP contribution in [-0.2, 0) is 13.5 Å². The van der Waals surface area contributed by atoms with Gasteiger partial charge < -0.3 is 15.5 Å². The van der Waals surface area contributed by atoms with Crippen molar-refractivity contribution in [1.82, 2.24) is 25.3 Å². The van der Waals surface area contributed by atoms with Crippen LogP contribution in [0.2, 0.25) is 0 Å². The van der Waals surface area contributed by atoms with Crippen molar-refractivity contribution in [3.05, 3.63) is 17.0 Å². The van der Waals surface area contributed by atoms with Crippen molar-refractivity contribution in [2.24, 2.45) is 12.0 Å². The van der Waals surface area contributed by atoms with Crippen molar-refractivity contribution in [3.63, 3.8) is 0 Å². The van der Waals surface area contributed by atoms with Gasteiger partial charge in [-0.15, -0.1) is 0 Å². The third-order valence-electron chi connectivity index (χ3n) is 5.48. The fraction of sp³-hybridized carbons (Fsp3) is 0.789. The van der Waals surface area contributed by atoms with Crippen molar-refractivity contribution >= 4 is 5.96 Å². The lowest BCUT2D eigenvalue weighted by atomic mass is 10.1. The molecule has 0 spiro atoms. The SMILES string of the molecule is CN=C(NCCN(C)C1CCCC1)NC(C)Cc1c(C)nn(C)c1C. The highest BCUT2D eigenvalue weighted by atomic mass is 15.3. The van der Waals surface area contributed by atoms with Gasteiger partial charge in [-0.1, -0.05) is 12.8 Å². The number of hydrogen-bond donors (Lipinski definition) is 2. The van der Waals surface area contributed by atoms with Gasteiger partial charge in [-0.25, -0.2) is 0 Å². The summed E-state index contributed by atoms with van der Waals surface area (Å²) in [4.78, 5) is 6.85. The molecule has 6 heteroatoms. The number of nitrogens with zero attached hydrogens (tertiary/aromatic N) is 4. The fourth-order valence-electron chi connectivity index (χ4n) is 3.78. The van der Waals surface area contributed by atoms with E-state index in [1.807, 2.05) is 18.8 Å². The molecule has 1 heterocycles. The van der Waals surface area contributed by atoms with Gasteiger partial charge in [-0.2, -0.15) is 5.10 Å². The Kier molecular flexibility index (Phi) is 7.29. The molecule has 1 fully saturated rings. The Balaban J connectivity index is 1.76. The summed E-state index contributed by atoms with van der Waals surface area (Å²) < 4.78 is 1.96. The maximum atomic E-state index is 4.51. The van der Waals surface area contributed by atoms with Crippen LogP contribution in [0.5, 0.6) is 0 Å². The summed E-state index contributed by atoms with van der Waals surface area (Å²) in [6, 6.07) is 1.08. The maximum absolute atomic E-state index is 4.51. The molecule has 0 amide bonds. The Labute approximate surface area is 153 Å². The Morgan fingerprint density at radius 2 is 2.04 bits per heavy atom. The second-order valence-electron chi connectivity index (χ2n) is 7.44. The molecule has 0 radical (unpaired) electrons. The highest BCUT2D eigenvalue weighted by Gasteiger charge is 2.19. The zero-order chi connectivity index (χ0) is 18.4. The van der Waals surface area contributed by atoms with Gasteiger partial charge in [-0.05, 0) is 52.6 Å². The van der Waals surface area contributed by atoms with Gasteiger partial charge in [0, 0.05) is 45.0 Å². The predicted molar refractivity (Wildman–Crippen MR) is 105 cm³/mol. The molecule has 142 valence electrons. The van der Waals surface area contributed by atoms with Crippen LogP contribution in [0.3, 0.4) is 0 Å². The smallest absolute Gasteiger partial charge is 0.191 e. The summed E-state index contributed by atoms with van der Waals surface area (Å²) in [5.41, 5.74) is 3.70. The van der Waals surface area contributed by atoms with Crippen molar-refractivity contribution in [1.29, 1.82) is 0 Å². The van der Waals surface area contributed by atoms with E-state index in [2.05, 4.69) is 53.4 Å². The van der Waals surface area contributed by atoms with E-state index in [9.17, 15) is 0 Å². The summed E-state index contributed by atoms with van der Waals surface area (Å²) >= 11 is 0. The number of aryl methyl sites for hydroxylation is 2. The lowest BCUT2D eigenvalue weighted by Crippen LogP contribution is -2.46. The topological polar surface area (TPSA) is 57.5 Å². The molecule has 1 aromatic heterocycles. The van der Waals surface area contributed by atoms with Gasteiger partial charge in [0.2, 0.25) is 0 Å². The molecule has 1 atom stereocenters. The third kappa shape index (κ3) is 5.46. The molecule has 0 saturated heterocycles. The molecule has 1 aliphatic carbocycles. The molecule has 25 heavy (non-hydrogen) atoms. The number of hydrogen-bond acceptors (Lipinski definition) is 3. The molecule has 6 nitrogen and oxygen atoms in total.